The molecule has 1 aliphatic heterocycles. The molecule has 1 saturated heterocycles. The molecule has 13 heteroatoms. The second-order valence-electron chi connectivity index (χ2n) is 8.06. The summed E-state index contributed by atoms with van der Waals surface area (Å²) in [6, 6.07) is -0.985. The number of carbonyl (C=O) groups excluding carboxylic acids is 5. The first-order chi connectivity index (χ1) is 16.5. The van der Waals surface area contributed by atoms with E-state index in [2.05, 4.69) is 10.6 Å². The predicted molar refractivity (Wildman–Crippen MR) is 120 cm³/mol. The summed E-state index contributed by atoms with van der Waals surface area (Å²) in [5.41, 5.74) is 5.23. The minimum atomic E-state index is -1.16. The summed E-state index contributed by atoms with van der Waals surface area (Å²) in [4.78, 5) is 57.9. The van der Waals surface area contributed by atoms with Crippen molar-refractivity contribution in [3.63, 3.8) is 0 Å². The number of rotatable bonds is 14. The maximum atomic E-state index is 11.9. The largest absolute Gasteiger partial charge is 0.463 e. The van der Waals surface area contributed by atoms with Gasteiger partial charge in [-0.15, -0.1) is 0 Å². The summed E-state index contributed by atoms with van der Waals surface area (Å²) in [5.74, 6) is -2.57. The lowest BCUT2D eigenvalue weighted by Crippen LogP contribution is -2.66. The van der Waals surface area contributed by atoms with E-state index in [4.69, 9.17) is 29.4 Å². The Morgan fingerprint density at radius 3 is 2.06 bits per heavy atom. The Morgan fingerprint density at radius 1 is 0.857 bits per heavy atom. The van der Waals surface area contributed by atoms with E-state index in [-0.39, 0.29) is 25.7 Å². The van der Waals surface area contributed by atoms with Crippen LogP contribution in [0, 0.1) is 0 Å². The standard InChI is InChI=1S/C22H37N3O10/c1-13(26)25-19-21(34-16(4)29)20(33-15(3)28)17(12-32-14(2)27)35-22(19)31-10-8-6-5-7-9-24-18(30)11-23/h17,19-22H,5-12,23H2,1-4H3,(H,24,30)(H,25,26)/t17?,19-,20-,21?,22+/m0/s1. The van der Waals surface area contributed by atoms with Crippen LogP contribution in [0.4, 0.5) is 0 Å². The highest BCUT2D eigenvalue weighted by Gasteiger charge is 2.51. The van der Waals surface area contributed by atoms with Crippen LogP contribution in [0.1, 0.15) is 53.4 Å². The van der Waals surface area contributed by atoms with Gasteiger partial charge in [0.15, 0.2) is 18.5 Å². The maximum absolute atomic E-state index is 11.9. The zero-order valence-corrected chi connectivity index (χ0v) is 20.7. The summed E-state index contributed by atoms with van der Waals surface area (Å²) in [6.07, 6.45) is -1.30. The number of amides is 2. The summed E-state index contributed by atoms with van der Waals surface area (Å²) in [6.45, 7) is 5.29. The van der Waals surface area contributed by atoms with Crippen molar-refractivity contribution in [1.29, 1.82) is 0 Å². The Balaban J connectivity index is 2.87. The molecule has 5 atom stereocenters. The van der Waals surface area contributed by atoms with Crippen LogP contribution in [0.15, 0.2) is 0 Å². The normalized spacial score (nSPS) is 23.6. The van der Waals surface area contributed by atoms with Gasteiger partial charge in [0.05, 0.1) is 6.54 Å². The number of hydrogen-bond donors (Lipinski definition) is 3. The zero-order valence-electron chi connectivity index (χ0n) is 20.7. The van der Waals surface area contributed by atoms with Crippen molar-refractivity contribution < 1.29 is 47.7 Å². The molecule has 0 bridgehead atoms. The molecule has 13 nitrogen and oxygen atoms in total. The van der Waals surface area contributed by atoms with Crippen molar-refractivity contribution >= 4 is 29.7 Å². The highest BCUT2D eigenvalue weighted by Crippen LogP contribution is 2.28. The zero-order chi connectivity index (χ0) is 26.4. The first-order valence-electron chi connectivity index (χ1n) is 11.5. The van der Waals surface area contributed by atoms with Crippen molar-refractivity contribution in [2.75, 3.05) is 26.3 Å². The Labute approximate surface area is 204 Å². The summed E-state index contributed by atoms with van der Waals surface area (Å²) in [7, 11) is 0. The maximum Gasteiger partial charge on any atom is 0.303 e. The highest BCUT2D eigenvalue weighted by atomic mass is 16.7. The average Bonchev–Trinajstić information content (AvgIpc) is 2.76. The second kappa shape index (κ2) is 16.0. The third kappa shape index (κ3) is 12.0. The lowest BCUT2D eigenvalue weighted by molar-refractivity contribution is -0.277. The van der Waals surface area contributed by atoms with E-state index in [9.17, 15) is 24.0 Å². The molecule has 1 rings (SSSR count). The van der Waals surface area contributed by atoms with E-state index >= 15 is 0 Å². The molecule has 4 N–H and O–H groups in total. The molecule has 0 spiro atoms. The Bertz CT molecular complexity index is 732. The number of esters is 3. The average molecular weight is 504 g/mol. The van der Waals surface area contributed by atoms with Gasteiger partial charge in [-0.25, -0.2) is 0 Å². The number of nitrogens with one attached hydrogen (secondary N) is 2. The Morgan fingerprint density at radius 2 is 1.49 bits per heavy atom. The van der Waals surface area contributed by atoms with Gasteiger partial charge in [-0.3, -0.25) is 24.0 Å². The van der Waals surface area contributed by atoms with Crippen LogP contribution < -0.4 is 16.4 Å². The fourth-order valence-electron chi connectivity index (χ4n) is 3.51. The fourth-order valence-corrected chi connectivity index (χ4v) is 3.51. The van der Waals surface area contributed by atoms with Gasteiger partial charge in [0.1, 0.15) is 18.8 Å². The molecule has 1 fully saturated rings. The molecule has 2 amide bonds. The Hall–Kier alpha value is -2.77. The number of carbonyl (C=O) groups is 5. The monoisotopic (exact) mass is 503 g/mol. The lowest BCUT2D eigenvalue weighted by Gasteiger charge is -2.44. The third-order valence-corrected chi connectivity index (χ3v) is 4.93. The fraction of sp³-hybridized carbons (Fsp3) is 0.773. The number of nitrogens with two attached hydrogens (primary N) is 1. The van der Waals surface area contributed by atoms with Gasteiger partial charge in [0, 0.05) is 40.8 Å². The first-order valence-corrected chi connectivity index (χ1v) is 11.5. The van der Waals surface area contributed by atoms with Gasteiger partial charge in [-0.05, 0) is 12.8 Å². The minimum Gasteiger partial charge on any atom is -0.463 e. The van der Waals surface area contributed by atoms with Gasteiger partial charge in [0.2, 0.25) is 11.8 Å². The van der Waals surface area contributed by atoms with Crippen molar-refractivity contribution in [3.8, 4) is 0 Å². The van der Waals surface area contributed by atoms with Gasteiger partial charge in [-0.2, -0.15) is 0 Å². The molecule has 0 aromatic heterocycles. The Kier molecular flexibility index (Phi) is 13.8. The van der Waals surface area contributed by atoms with Crippen LogP contribution in [0.2, 0.25) is 0 Å². The van der Waals surface area contributed by atoms with Crippen molar-refractivity contribution in [2.45, 2.75) is 84.0 Å². The number of ether oxygens (including phenoxy) is 5. The molecule has 2 unspecified atom stereocenters. The van der Waals surface area contributed by atoms with Crippen LogP contribution in [-0.2, 0) is 47.7 Å². The van der Waals surface area contributed by atoms with E-state index in [0.717, 1.165) is 19.3 Å². The molecule has 0 aromatic carbocycles. The molecular formula is C22H37N3O10. The molecule has 0 aromatic rings. The topological polar surface area (TPSA) is 182 Å². The SMILES string of the molecule is CC(=O)N[C@H]1C(OC(C)=O)[C@@H](OC(C)=O)C(COC(C)=O)O[C@H]1OCCCCCCNC(=O)CN. The molecular weight excluding hydrogens is 466 g/mol. The molecule has 0 aliphatic carbocycles. The van der Waals surface area contributed by atoms with Crippen molar-refractivity contribution in [1.82, 2.24) is 10.6 Å². The minimum absolute atomic E-state index is 0.0458. The van der Waals surface area contributed by atoms with Crippen molar-refractivity contribution in [3.05, 3.63) is 0 Å². The van der Waals surface area contributed by atoms with Crippen molar-refractivity contribution in [2.24, 2.45) is 5.73 Å². The molecule has 0 radical (unpaired) electrons. The van der Waals surface area contributed by atoms with E-state index in [1.165, 1.54) is 27.7 Å². The van der Waals surface area contributed by atoms with E-state index in [0.29, 0.717) is 13.0 Å². The highest BCUT2D eigenvalue weighted by molar-refractivity contribution is 5.77. The van der Waals surface area contributed by atoms with Gasteiger partial charge >= 0.3 is 17.9 Å². The van der Waals surface area contributed by atoms with Gasteiger partial charge in [0.25, 0.3) is 0 Å². The van der Waals surface area contributed by atoms with Crippen LogP contribution in [-0.4, -0.2) is 86.7 Å². The molecule has 1 heterocycles. The van der Waals surface area contributed by atoms with Gasteiger partial charge < -0.3 is 40.1 Å². The third-order valence-electron chi connectivity index (χ3n) is 4.93. The number of hydrogen-bond acceptors (Lipinski definition) is 11. The van der Waals surface area contributed by atoms with E-state index < -0.39 is 54.5 Å². The quantitative estimate of drug-likeness (QED) is 0.155. The predicted octanol–water partition coefficient (Wildman–Crippen LogP) is -0.706. The summed E-state index contributed by atoms with van der Waals surface area (Å²) >= 11 is 0. The van der Waals surface area contributed by atoms with Crippen LogP contribution in [0.25, 0.3) is 0 Å². The van der Waals surface area contributed by atoms with Crippen LogP contribution in [0.3, 0.4) is 0 Å². The molecule has 200 valence electrons. The van der Waals surface area contributed by atoms with E-state index in [1.54, 1.807) is 0 Å². The molecule has 1 aliphatic rings. The second-order valence-corrected chi connectivity index (χ2v) is 8.06. The van der Waals surface area contributed by atoms with Gasteiger partial charge in [-0.1, -0.05) is 12.8 Å². The van der Waals surface area contributed by atoms with Crippen LogP contribution in [0.5, 0.6) is 0 Å². The van der Waals surface area contributed by atoms with E-state index in [1.807, 2.05) is 0 Å². The number of unbranched alkanes of at least 4 members (excludes halogenated alkanes) is 3. The summed E-state index contributed by atoms with van der Waals surface area (Å²) in [5, 5.41) is 5.34. The summed E-state index contributed by atoms with van der Waals surface area (Å²) < 4.78 is 27.6. The molecule has 0 saturated carbocycles. The lowest BCUT2D eigenvalue weighted by atomic mass is 9.96. The van der Waals surface area contributed by atoms with Crippen LogP contribution >= 0.6 is 0 Å². The smallest absolute Gasteiger partial charge is 0.303 e. The molecule has 35 heavy (non-hydrogen) atoms. The first kappa shape index (κ1) is 30.3.